The average molecular weight is 514 g/mol. The zero-order valence-corrected chi connectivity index (χ0v) is 21.6. The molecule has 7 nitrogen and oxygen atoms in total. The second-order valence-corrected chi connectivity index (χ2v) is 9.20. The van der Waals surface area contributed by atoms with E-state index in [0.717, 1.165) is 10.4 Å². The zero-order chi connectivity index (χ0) is 25.9. The summed E-state index contributed by atoms with van der Waals surface area (Å²) in [7, 11) is 3.17. The molecule has 3 aromatic rings. The van der Waals surface area contributed by atoms with Crippen molar-refractivity contribution in [3.8, 4) is 11.5 Å². The van der Waals surface area contributed by atoms with E-state index in [4.69, 9.17) is 9.47 Å². The predicted molar refractivity (Wildman–Crippen MR) is 140 cm³/mol. The lowest BCUT2D eigenvalue weighted by molar-refractivity contribution is -0.132. The second-order valence-electron chi connectivity index (χ2n) is 8.17. The average Bonchev–Trinajstić information content (AvgIpc) is 3.40. The molecule has 1 N–H and O–H groups in total. The lowest BCUT2D eigenvalue weighted by Gasteiger charge is -2.27. The largest absolute Gasteiger partial charge is 0.493 e. The second kappa shape index (κ2) is 13.5. The fourth-order valence-corrected chi connectivity index (χ4v) is 4.44. The molecule has 0 saturated heterocycles. The highest BCUT2D eigenvalue weighted by Crippen LogP contribution is 2.28. The Hall–Kier alpha value is -3.59. The first-order valence-corrected chi connectivity index (χ1v) is 12.6. The van der Waals surface area contributed by atoms with Gasteiger partial charge in [0.1, 0.15) is 12.4 Å². The Morgan fingerprint density at radius 3 is 2.42 bits per heavy atom. The first-order valence-electron chi connectivity index (χ1n) is 11.8. The van der Waals surface area contributed by atoms with Crippen molar-refractivity contribution in [2.45, 2.75) is 26.3 Å². The number of nitrogens with zero attached hydrogens (tertiary/aromatic N) is 2. The van der Waals surface area contributed by atoms with E-state index in [9.17, 15) is 14.0 Å². The van der Waals surface area contributed by atoms with Crippen molar-refractivity contribution in [3.05, 3.63) is 76.2 Å². The van der Waals surface area contributed by atoms with E-state index in [0.29, 0.717) is 44.0 Å². The van der Waals surface area contributed by atoms with Crippen LogP contribution in [0.15, 0.2) is 60.0 Å². The van der Waals surface area contributed by atoms with Gasteiger partial charge in [0.15, 0.2) is 11.5 Å². The molecule has 192 valence electrons. The van der Waals surface area contributed by atoms with Gasteiger partial charge in [0.05, 0.1) is 26.5 Å². The van der Waals surface area contributed by atoms with E-state index >= 15 is 0 Å². The zero-order valence-electron chi connectivity index (χ0n) is 20.8. The maximum Gasteiger partial charge on any atom is 0.322 e. The molecule has 0 aliphatic heterocycles. The number of ether oxygens (including phenoxy) is 2. The first kappa shape index (κ1) is 27.0. The molecule has 0 unspecified atom stereocenters. The third-order valence-corrected chi connectivity index (χ3v) is 6.48. The third kappa shape index (κ3) is 7.45. The minimum Gasteiger partial charge on any atom is -0.493 e. The maximum absolute atomic E-state index is 14.0. The Bertz CT molecular complexity index is 1140. The number of benzene rings is 2. The van der Waals surface area contributed by atoms with Crippen LogP contribution >= 0.6 is 11.3 Å². The number of carbonyl (C=O) groups excluding carboxylic acids is 2. The van der Waals surface area contributed by atoms with E-state index in [-0.39, 0.29) is 18.1 Å². The van der Waals surface area contributed by atoms with Gasteiger partial charge in [0.2, 0.25) is 5.91 Å². The van der Waals surface area contributed by atoms with Gasteiger partial charge in [-0.15, -0.1) is 11.3 Å². The smallest absolute Gasteiger partial charge is 0.322 e. The minimum absolute atomic E-state index is 0.0833. The van der Waals surface area contributed by atoms with Crippen LogP contribution in [-0.4, -0.2) is 55.6 Å². The monoisotopic (exact) mass is 513 g/mol. The number of para-hydroxylation sites is 1. The van der Waals surface area contributed by atoms with Crippen molar-refractivity contribution >= 4 is 29.0 Å². The standard InChI is InChI=1S/C27H32FN3O4S/c1-4-14-31(27(33)29-23-10-6-5-9-22(23)28)19-26(32)30(18-21-8-7-16-36-21)15-13-20-11-12-24(34-2)25(17-20)35-3/h5-12,16-17H,4,13-15,18-19H2,1-3H3,(H,29,33). The summed E-state index contributed by atoms with van der Waals surface area (Å²) in [5, 5.41) is 4.55. The highest BCUT2D eigenvalue weighted by atomic mass is 32.1. The van der Waals surface area contributed by atoms with E-state index in [2.05, 4.69) is 5.32 Å². The molecule has 0 radical (unpaired) electrons. The molecular weight excluding hydrogens is 481 g/mol. The van der Waals surface area contributed by atoms with Crippen LogP contribution in [0.5, 0.6) is 11.5 Å². The van der Waals surface area contributed by atoms with Gasteiger partial charge in [-0.3, -0.25) is 4.79 Å². The number of halogens is 1. The van der Waals surface area contributed by atoms with Crippen molar-refractivity contribution in [2.24, 2.45) is 0 Å². The first-order chi connectivity index (χ1) is 17.4. The van der Waals surface area contributed by atoms with Gasteiger partial charge < -0.3 is 24.6 Å². The minimum atomic E-state index is -0.525. The molecule has 1 aromatic heterocycles. The number of rotatable bonds is 12. The molecule has 3 rings (SSSR count). The molecule has 1 heterocycles. The fraction of sp³-hybridized carbons (Fsp3) is 0.333. The molecule has 0 atom stereocenters. The van der Waals surface area contributed by atoms with E-state index < -0.39 is 11.8 Å². The van der Waals surface area contributed by atoms with Crippen LogP contribution in [0.2, 0.25) is 0 Å². The van der Waals surface area contributed by atoms with Crippen LogP contribution in [0.3, 0.4) is 0 Å². The summed E-state index contributed by atoms with van der Waals surface area (Å²) in [5.41, 5.74) is 1.08. The lowest BCUT2D eigenvalue weighted by Crippen LogP contribution is -2.45. The molecule has 0 aliphatic rings. The Morgan fingerprint density at radius 2 is 1.75 bits per heavy atom. The van der Waals surface area contributed by atoms with E-state index in [1.165, 1.54) is 17.0 Å². The van der Waals surface area contributed by atoms with Gasteiger partial charge in [0, 0.05) is 18.0 Å². The van der Waals surface area contributed by atoms with Gasteiger partial charge in [0.25, 0.3) is 0 Å². The van der Waals surface area contributed by atoms with Gasteiger partial charge in [-0.2, -0.15) is 0 Å². The summed E-state index contributed by atoms with van der Waals surface area (Å²) in [6, 6.07) is 15.1. The number of hydrogen-bond donors (Lipinski definition) is 1. The molecule has 9 heteroatoms. The number of methoxy groups -OCH3 is 2. The summed E-state index contributed by atoms with van der Waals surface area (Å²) in [5.74, 6) is 0.567. The Balaban J connectivity index is 1.72. The Labute approximate surface area is 215 Å². The maximum atomic E-state index is 14.0. The van der Waals surface area contributed by atoms with Crippen molar-refractivity contribution in [1.29, 1.82) is 0 Å². The van der Waals surface area contributed by atoms with Gasteiger partial charge in [-0.1, -0.05) is 31.2 Å². The van der Waals surface area contributed by atoms with Gasteiger partial charge in [-0.05, 0) is 54.1 Å². The number of urea groups is 1. The quantitative estimate of drug-likeness (QED) is 0.351. The predicted octanol–water partition coefficient (Wildman–Crippen LogP) is 5.42. The van der Waals surface area contributed by atoms with E-state index in [1.807, 2.05) is 42.6 Å². The summed E-state index contributed by atoms with van der Waals surface area (Å²) in [6.45, 7) is 3.09. The lowest BCUT2D eigenvalue weighted by atomic mass is 10.1. The summed E-state index contributed by atoms with van der Waals surface area (Å²) >= 11 is 1.58. The van der Waals surface area contributed by atoms with Gasteiger partial charge >= 0.3 is 6.03 Å². The Kier molecular flexibility index (Phi) is 10.1. The summed E-state index contributed by atoms with van der Waals surface area (Å²) < 4.78 is 24.7. The molecule has 3 amide bonds. The molecule has 0 spiro atoms. The number of amides is 3. The molecule has 36 heavy (non-hydrogen) atoms. The van der Waals surface area contributed by atoms with Crippen LogP contribution in [0.25, 0.3) is 0 Å². The number of nitrogens with one attached hydrogen (secondary N) is 1. The molecule has 0 saturated carbocycles. The van der Waals surface area contributed by atoms with Crippen LogP contribution in [0, 0.1) is 5.82 Å². The summed E-state index contributed by atoms with van der Waals surface area (Å²) in [6.07, 6.45) is 1.27. The van der Waals surface area contributed by atoms with Crippen LogP contribution in [0.1, 0.15) is 23.8 Å². The number of hydrogen-bond acceptors (Lipinski definition) is 5. The van der Waals surface area contributed by atoms with E-state index in [1.54, 1.807) is 42.6 Å². The number of carbonyl (C=O) groups is 2. The topological polar surface area (TPSA) is 71.1 Å². The van der Waals surface area contributed by atoms with Crippen molar-refractivity contribution in [2.75, 3.05) is 39.2 Å². The van der Waals surface area contributed by atoms with Crippen molar-refractivity contribution in [3.63, 3.8) is 0 Å². The van der Waals surface area contributed by atoms with Crippen LogP contribution in [-0.2, 0) is 17.8 Å². The Morgan fingerprint density at radius 1 is 0.972 bits per heavy atom. The molecule has 0 bridgehead atoms. The molecule has 0 aliphatic carbocycles. The number of thiophene rings is 1. The summed E-state index contributed by atoms with van der Waals surface area (Å²) in [4.78, 5) is 30.5. The molecule has 2 aromatic carbocycles. The third-order valence-electron chi connectivity index (χ3n) is 5.62. The van der Waals surface area contributed by atoms with Crippen LogP contribution < -0.4 is 14.8 Å². The number of anilines is 1. The van der Waals surface area contributed by atoms with Gasteiger partial charge in [-0.25, -0.2) is 9.18 Å². The van der Waals surface area contributed by atoms with Crippen LogP contribution in [0.4, 0.5) is 14.9 Å². The SMILES string of the molecule is CCCN(CC(=O)N(CCc1ccc(OC)c(OC)c1)Cc1cccs1)C(=O)Nc1ccccc1F. The normalized spacial score (nSPS) is 10.6. The van der Waals surface area contributed by atoms with Crippen molar-refractivity contribution < 1.29 is 23.5 Å². The molecular formula is C27H32FN3O4S. The fourth-order valence-electron chi connectivity index (χ4n) is 3.73. The highest BCUT2D eigenvalue weighted by Gasteiger charge is 2.22. The van der Waals surface area contributed by atoms with Crippen molar-refractivity contribution in [1.82, 2.24) is 9.80 Å². The highest BCUT2D eigenvalue weighted by molar-refractivity contribution is 7.09. The molecule has 0 fully saturated rings.